The highest BCUT2D eigenvalue weighted by Gasteiger charge is 2.74. The van der Waals surface area contributed by atoms with Gasteiger partial charge < -0.3 is 19.8 Å². The Morgan fingerprint density at radius 3 is 2.23 bits per heavy atom. The lowest BCUT2D eigenvalue weighted by atomic mass is 9.32. The summed E-state index contributed by atoms with van der Waals surface area (Å²) in [5.41, 5.74) is -2.34. The molecule has 7 fully saturated rings. The number of carbonyl (C=O) groups excluding carboxylic acids is 2. The number of benzene rings is 3. The molecule has 3 aromatic carbocycles. The Labute approximate surface area is 358 Å². The standard InChI is InChI=1S/C52H59ClFNO5/c1-47-15-12-37(56)28-50(47)18-19-52(40(29-50)43(57)24-39-41(53)8-5-9-42(39)54)44(47)13-16-48(2)45(52)14-17-51(48,59)31-55(30-49-25-32-20-33(26-49)22-34(21-32)27-49)46(58)60-38-11-10-35-6-3-4-7-36(35)23-38/h3-11,18-19,23,29,32-34,37,44-45,56,59H,12-17,20-22,24-28,30-31H2,1-2H3. The summed E-state index contributed by atoms with van der Waals surface area (Å²) >= 11 is 6.56. The molecule has 8 unspecified atom stereocenters. The van der Waals surface area contributed by atoms with Gasteiger partial charge in [0.25, 0.3) is 0 Å². The average Bonchev–Trinajstić information content (AvgIpc) is 3.48. The van der Waals surface area contributed by atoms with Gasteiger partial charge in [-0.3, -0.25) is 4.79 Å². The quantitative estimate of drug-likeness (QED) is 0.221. The van der Waals surface area contributed by atoms with Gasteiger partial charge in [0.05, 0.1) is 18.2 Å². The second kappa shape index (κ2) is 13.5. The summed E-state index contributed by atoms with van der Waals surface area (Å²) in [7, 11) is 0. The molecule has 2 N–H and O–H groups in total. The van der Waals surface area contributed by atoms with E-state index in [1.54, 1.807) is 12.1 Å². The number of ketones is 1. The molecule has 316 valence electrons. The first-order valence-corrected chi connectivity index (χ1v) is 23.3. The molecule has 0 aromatic heterocycles. The Morgan fingerprint density at radius 2 is 1.50 bits per heavy atom. The van der Waals surface area contributed by atoms with Gasteiger partial charge in [0.15, 0.2) is 5.78 Å². The fraction of sp³-hybridized carbons (Fsp3) is 0.577. The van der Waals surface area contributed by atoms with Crippen LogP contribution in [0.5, 0.6) is 5.75 Å². The maximum absolute atomic E-state index is 15.3. The van der Waals surface area contributed by atoms with E-state index < -0.39 is 39.9 Å². The van der Waals surface area contributed by atoms with E-state index in [9.17, 15) is 19.8 Å². The number of amides is 1. The molecule has 7 saturated carbocycles. The zero-order chi connectivity index (χ0) is 41.5. The van der Waals surface area contributed by atoms with Gasteiger partial charge >= 0.3 is 6.09 Å². The molecule has 0 saturated heterocycles. The maximum Gasteiger partial charge on any atom is 0.415 e. The molecule has 0 heterocycles. The van der Waals surface area contributed by atoms with Gasteiger partial charge in [-0.2, -0.15) is 0 Å². The number of aliphatic hydroxyl groups is 2. The lowest BCUT2D eigenvalue weighted by Crippen LogP contribution is -2.67. The summed E-state index contributed by atoms with van der Waals surface area (Å²) in [6.45, 7) is 5.34. The molecule has 2 spiro atoms. The van der Waals surface area contributed by atoms with Gasteiger partial charge in [0.2, 0.25) is 0 Å². The summed E-state index contributed by atoms with van der Waals surface area (Å²) in [6, 6.07) is 18.4. The van der Waals surface area contributed by atoms with Crippen LogP contribution in [-0.2, 0) is 11.2 Å². The molecule has 10 aliphatic carbocycles. The minimum absolute atomic E-state index is 0.0258. The highest BCUT2D eigenvalue weighted by atomic mass is 35.5. The van der Waals surface area contributed by atoms with E-state index in [4.69, 9.17) is 16.3 Å². The number of rotatable bonds is 8. The van der Waals surface area contributed by atoms with Crippen LogP contribution in [0.15, 0.2) is 84.5 Å². The zero-order valence-corrected chi connectivity index (χ0v) is 35.9. The van der Waals surface area contributed by atoms with Crippen LogP contribution >= 0.6 is 11.6 Å². The average molecular weight is 832 g/mol. The normalized spacial score (nSPS) is 41.7. The van der Waals surface area contributed by atoms with E-state index in [1.165, 1.54) is 25.3 Å². The molecule has 6 bridgehead atoms. The van der Waals surface area contributed by atoms with Crippen LogP contribution in [0.4, 0.5) is 9.18 Å². The van der Waals surface area contributed by atoms with Gasteiger partial charge in [-0.1, -0.05) is 80.1 Å². The number of hydrogen-bond acceptors (Lipinski definition) is 5. The molecular formula is C52H59ClFNO5. The van der Waals surface area contributed by atoms with Crippen LogP contribution in [0.25, 0.3) is 10.8 Å². The fourth-order valence-electron chi connectivity index (χ4n) is 16.4. The molecule has 60 heavy (non-hydrogen) atoms. The second-order valence-corrected chi connectivity index (χ2v) is 22.2. The highest BCUT2D eigenvalue weighted by Crippen LogP contribution is 2.78. The van der Waals surface area contributed by atoms with Crippen molar-refractivity contribution in [3.63, 3.8) is 0 Å². The Hall–Kier alpha value is -3.52. The SMILES string of the molecule is CC12CCC(O)CC13C=CC1(C(C(=O)Cc4c(F)cccc4Cl)=C3)C2CCC2(C)C1CCC2(O)CN(CC12CC3CC(CC(C3)C1)C2)C(=O)Oc1ccc2ccccc2c1. The smallest absolute Gasteiger partial charge is 0.410 e. The van der Waals surface area contributed by atoms with E-state index >= 15 is 4.39 Å². The van der Waals surface area contributed by atoms with Crippen LogP contribution in [-0.4, -0.2) is 51.8 Å². The van der Waals surface area contributed by atoms with Crippen LogP contribution in [0.1, 0.15) is 103 Å². The summed E-state index contributed by atoms with van der Waals surface area (Å²) < 4.78 is 21.6. The lowest BCUT2D eigenvalue weighted by molar-refractivity contribution is -0.179. The first-order valence-electron chi connectivity index (χ1n) is 22.9. The highest BCUT2D eigenvalue weighted by molar-refractivity contribution is 6.31. The molecular weight excluding hydrogens is 773 g/mol. The number of ether oxygens (including phenoxy) is 1. The van der Waals surface area contributed by atoms with Crippen LogP contribution in [0.3, 0.4) is 0 Å². The number of nitrogens with zero attached hydrogens (tertiary/aromatic N) is 1. The zero-order valence-electron chi connectivity index (χ0n) is 35.1. The Morgan fingerprint density at radius 1 is 0.817 bits per heavy atom. The van der Waals surface area contributed by atoms with Crippen molar-refractivity contribution in [2.24, 2.45) is 56.7 Å². The van der Waals surface area contributed by atoms with Crippen LogP contribution < -0.4 is 4.74 Å². The van der Waals surface area contributed by atoms with Crippen molar-refractivity contribution in [3.05, 3.63) is 101 Å². The Kier molecular flexibility index (Phi) is 8.84. The monoisotopic (exact) mass is 831 g/mol. The first-order chi connectivity index (χ1) is 28.7. The molecule has 3 aromatic rings. The molecule has 1 amide bonds. The van der Waals surface area contributed by atoms with Crippen molar-refractivity contribution in [3.8, 4) is 5.75 Å². The van der Waals surface area contributed by atoms with Crippen molar-refractivity contribution >= 4 is 34.2 Å². The van der Waals surface area contributed by atoms with Gasteiger partial charge in [-0.25, -0.2) is 9.18 Å². The predicted octanol–water partition coefficient (Wildman–Crippen LogP) is 11.1. The van der Waals surface area contributed by atoms with Crippen molar-refractivity contribution in [1.82, 2.24) is 4.90 Å². The fourth-order valence-corrected chi connectivity index (χ4v) is 16.6. The predicted molar refractivity (Wildman–Crippen MR) is 231 cm³/mol. The topological polar surface area (TPSA) is 87.1 Å². The van der Waals surface area contributed by atoms with Crippen molar-refractivity contribution in [2.75, 3.05) is 13.1 Å². The Bertz CT molecular complexity index is 2300. The van der Waals surface area contributed by atoms with Gasteiger partial charge in [0, 0.05) is 45.4 Å². The summed E-state index contributed by atoms with van der Waals surface area (Å²) in [5, 5.41) is 26.9. The third-order valence-corrected chi connectivity index (χ3v) is 19.1. The van der Waals surface area contributed by atoms with E-state index in [-0.39, 0.29) is 52.0 Å². The number of halogens is 2. The van der Waals surface area contributed by atoms with Gasteiger partial charge in [-0.05, 0) is 159 Å². The van der Waals surface area contributed by atoms with E-state index in [1.807, 2.05) is 41.3 Å². The molecule has 10 aliphatic rings. The molecule has 8 heteroatoms. The second-order valence-electron chi connectivity index (χ2n) is 21.8. The third kappa shape index (κ3) is 5.62. The van der Waals surface area contributed by atoms with E-state index in [0.717, 1.165) is 49.3 Å². The number of allylic oxidation sites excluding steroid dienone is 4. The van der Waals surface area contributed by atoms with Gasteiger partial charge in [-0.15, -0.1) is 0 Å². The number of Topliss-reactive ketones (excluding diaryl/α,β-unsaturated/α-hetero) is 1. The maximum atomic E-state index is 15.3. The summed E-state index contributed by atoms with van der Waals surface area (Å²) in [6.07, 6.45) is 17.9. The Balaban J connectivity index is 0.963. The summed E-state index contributed by atoms with van der Waals surface area (Å²) in [4.78, 5) is 31.7. The number of hydrogen-bond donors (Lipinski definition) is 2. The summed E-state index contributed by atoms with van der Waals surface area (Å²) in [5.74, 6) is 2.00. The molecule has 13 rings (SSSR count). The van der Waals surface area contributed by atoms with Crippen molar-refractivity contribution in [2.45, 2.75) is 115 Å². The van der Waals surface area contributed by atoms with Crippen LogP contribution in [0.2, 0.25) is 5.02 Å². The number of fused-ring (bicyclic) bond motifs is 2. The van der Waals surface area contributed by atoms with Gasteiger partial charge in [0.1, 0.15) is 11.6 Å². The lowest BCUT2D eigenvalue weighted by Gasteiger charge is -2.71. The largest absolute Gasteiger partial charge is 0.415 e. The number of carbonyl (C=O) groups is 2. The minimum atomic E-state index is -1.24. The van der Waals surface area contributed by atoms with Crippen LogP contribution in [0, 0.1) is 62.5 Å². The van der Waals surface area contributed by atoms with Crippen molar-refractivity contribution < 1.29 is 28.9 Å². The third-order valence-electron chi connectivity index (χ3n) is 18.7. The molecule has 0 radical (unpaired) electrons. The minimum Gasteiger partial charge on any atom is -0.410 e. The van der Waals surface area contributed by atoms with Crippen molar-refractivity contribution in [1.29, 1.82) is 0 Å². The number of aliphatic hydroxyl groups excluding tert-OH is 1. The molecule has 0 aliphatic heterocycles. The van der Waals surface area contributed by atoms with E-state index in [0.29, 0.717) is 61.3 Å². The molecule has 6 nitrogen and oxygen atoms in total. The first kappa shape index (κ1) is 39.3. The van der Waals surface area contributed by atoms with E-state index in [2.05, 4.69) is 38.1 Å². The molecule has 8 atom stereocenters.